The molecule has 2 heterocycles. The van der Waals surface area contributed by atoms with Crippen LogP contribution in [0.4, 0.5) is 0 Å². The molecule has 1 aromatic rings. The van der Waals surface area contributed by atoms with Gasteiger partial charge in [-0.3, -0.25) is 14.3 Å². The molecule has 7 nitrogen and oxygen atoms in total. The highest BCUT2D eigenvalue weighted by Gasteiger charge is 2.27. The van der Waals surface area contributed by atoms with Gasteiger partial charge >= 0.3 is 0 Å². The molecule has 1 aliphatic rings. The highest BCUT2D eigenvalue weighted by molar-refractivity contribution is 5.78. The first-order valence-electron chi connectivity index (χ1n) is 10.6. The van der Waals surface area contributed by atoms with Crippen molar-refractivity contribution in [2.75, 3.05) is 19.6 Å². The maximum Gasteiger partial charge on any atom is 0.223 e. The van der Waals surface area contributed by atoms with Gasteiger partial charge in [-0.2, -0.15) is 5.10 Å². The number of hydrogen-bond acceptors (Lipinski definition) is 4. The summed E-state index contributed by atoms with van der Waals surface area (Å²) in [6.07, 6.45) is 4.61. The second-order valence-corrected chi connectivity index (χ2v) is 8.30. The molecule has 2 amide bonds. The number of carbonyl (C=O) groups excluding carboxylic acids is 2. The van der Waals surface area contributed by atoms with Crippen LogP contribution in [0.15, 0.2) is 0 Å². The minimum Gasteiger partial charge on any atom is -0.354 e. The molecule has 1 aliphatic heterocycles. The van der Waals surface area contributed by atoms with E-state index in [0.717, 1.165) is 44.5 Å². The number of likely N-dealkylation sites (tertiary alicyclic amines) is 1. The minimum absolute atomic E-state index is 0.0377. The molecule has 0 radical (unpaired) electrons. The predicted octanol–water partition coefficient (Wildman–Crippen LogP) is 1.93. The zero-order valence-electron chi connectivity index (χ0n) is 18.0. The molecule has 1 fully saturated rings. The number of rotatable bonds is 9. The number of aromatic nitrogens is 2. The summed E-state index contributed by atoms with van der Waals surface area (Å²) < 4.78 is 2.07. The van der Waals surface area contributed by atoms with Gasteiger partial charge in [-0.1, -0.05) is 13.8 Å². The van der Waals surface area contributed by atoms with Gasteiger partial charge in [0.25, 0.3) is 0 Å². The molecule has 1 atom stereocenters. The van der Waals surface area contributed by atoms with Crippen LogP contribution in [0.25, 0.3) is 0 Å². The second-order valence-electron chi connectivity index (χ2n) is 8.30. The maximum absolute atomic E-state index is 12.9. The second kappa shape index (κ2) is 10.6. The number of hydrogen-bond donors (Lipinski definition) is 2. The molecule has 0 aliphatic carbocycles. The monoisotopic (exact) mass is 391 g/mol. The number of nitrogens with one attached hydrogen (secondary N) is 1. The maximum atomic E-state index is 12.9. The molecular weight excluding hydrogens is 354 g/mol. The molecule has 7 heteroatoms. The number of piperidine rings is 1. The first kappa shape index (κ1) is 22.4. The third-order valence-corrected chi connectivity index (χ3v) is 5.51. The van der Waals surface area contributed by atoms with Crippen molar-refractivity contribution in [3.63, 3.8) is 0 Å². The third kappa shape index (κ3) is 6.06. The van der Waals surface area contributed by atoms with E-state index in [9.17, 15) is 9.59 Å². The third-order valence-electron chi connectivity index (χ3n) is 5.51. The summed E-state index contributed by atoms with van der Waals surface area (Å²) in [6, 6.07) is 0.0915. The van der Waals surface area contributed by atoms with Crippen LogP contribution in [0, 0.1) is 19.8 Å². The smallest absolute Gasteiger partial charge is 0.223 e. The molecule has 0 aromatic carbocycles. The summed E-state index contributed by atoms with van der Waals surface area (Å²) >= 11 is 0. The van der Waals surface area contributed by atoms with Crippen molar-refractivity contribution < 1.29 is 9.59 Å². The fourth-order valence-corrected chi connectivity index (χ4v) is 3.99. The fraction of sp³-hybridized carbons (Fsp3) is 0.762. The van der Waals surface area contributed by atoms with Crippen molar-refractivity contribution in [1.29, 1.82) is 0 Å². The molecule has 1 saturated heterocycles. The van der Waals surface area contributed by atoms with Gasteiger partial charge in [0, 0.05) is 50.8 Å². The number of amides is 2. The van der Waals surface area contributed by atoms with Gasteiger partial charge in [0.1, 0.15) is 0 Å². The molecule has 1 unspecified atom stereocenters. The number of carbonyl (C=O) groups is 2. The molecule has 2 rings (SSSR count). The number of nitrogens with two attached hydrogens (primary N) is 1. The average molecular weight is 392 g/mol. The topological polar surface area (TPSA) is 93.2 Å². The summed E-state index contributed by atoms with van der Waals surface area (Å²) in [5, 5.41) is 7.58. The Hall–Kier alpha value is -1.89. The highest BCUT2D eigenvalue weighted by atomic mass is 16.2. The lowest BCUT2D eigenvalue weighted by molar-refractivity contribution is -0.135. The largest absolute Gasteiger partial charge is 0.354 e. The summed E-state index contributed by atoms with van der Waals surface area (Å²) in [5.41, 5.74) is 8.82. The van der Waals surface area contributed by atoms with E-state index in [4.69, 9.17) is 5.73 Å². The van der Waals surface area contributed by atoms with E-state index in [1.165, 1.54) is 11.3 Å². The Morgan fingerprint density at radius 2 is 2.00 bits per heavy atom. The van der Waals surface area contributed by atoms with E-state index in [0.29, 0.717) is 31.8 Å². The average Bonchev–Trinajstić information content (AvgIpc) is 2.91. The van der Waals surface area contributed by atoms with Crippen molar-refractivity contribution in [3.8, 4) is 0 Å². The van der Waals surface area contributed by atoms with Crippen molar-refractivity contribution in [1.82, 2.24) is 20.0 Å². The van der Waals surface area contributed by atoms with Crippen LogP contribution in [0.1, 0.15) is 62.9 Å². The zero-order valence-corrected chi connectivity index (χ0v) is 18.0. The molecule has 0 spiro atoms. The standard InChI is InChI=1S/C21H37N5O2/c1-15(2)14-26-17(4)19(16(3)24-26)8-9-21(28)25-12-6-5-7-18(25)13-23-20(27)10-11-22/h15,18H,5-14,22H2,1-4H3,(H,23,27). The molecule has 1 aromatic heterocycles. The molecule has 158 valence electrons. The predicted molar refractivity (Wildman–Crippen MR) is 111 cm³/mol. The first-order valence-corrected chi connectivity index (χ1v) is 10.6. The van der Waals surface area contributed by atoms with Crippen LogP contribution in [0.5, 0.6) is 0 Å². The van der Waals surface area contributed by atoms with Gasteiger partial charge in [-0.05, 0) is 51.0 Å². The van der Waals surface area contributed by atoms with Crippen LogP contribution in [0.3, 0.4) is 0 Å². The summed E-state index contributed by atoms with van der Waals surface area (Å²) in [7, 11) is 0. The Morgan fingerprint density at radius 3 is 2.68 bits per heavy atom. The minimum atomic E-state index is -0.0377. The van der Waals surface area contributed by atoms with Gasteiger partial charge in [0.2, 0.25) is 11.8 Å². The van der Waals surface area contributed by atoms with Crippen LogP contribution >= 0.6 is 0 Å². The quantitative estimate of drug-likeness (QED) is 0.673. The lowest BCUT2D eigenvalue weighted by atomic mass is 10.00. The Bertz CT molecular complexity index is 668. The fourth-order valence-electron chi connectivity index (χ4n) is 3.99. The van der Waals surface area contributed by atoms with Gasteiger partial charge in [-0.15, -0.1) is 0 Å². The summed E-state index contributed by atoms with van der Waals surface area (Å²) in [6.45, 7) is 11.0. The summed E-state index contributed by atoms with van der Waals surface area (Å²) in [5.74, 6) is 0.675. The SMILES string of the molecule is Cc1nn(CC(C)C)c(C)c1CCC(=O)N1CCCCC1CNC(=O)CCN. The molecule has 28 heavy (non-hydrogen) atoms. The van der Waals surface area contributed by atoms with Gasteiger partial charge in [0.15, 0.2) is 0 Å². The van der Waals surface area contributed by atoms with Crippen LogP contribution in [-0.4, -0.2) is 52.2 Å². The van der Waals surface area contributed by atoms with Gasteiger partial charge in [0.05, 0.1) is 5.69 Å². The van der Waals surface area contributed by atoms with Crippen molar-refractivity contribution >= 4 is 11.8 Å². The first-order chi connectivity index (χ1) is 13.3. The zero-order chi connectivity index (χ0) is 20.7. The van der Waals surface area contributed by atoms with E-state index in [-0.39, 0.29) is 17.9 Å². The Labute approximate surface area is 169 Å². The lowest BCUT2D eigenvalue weighted by Crippen LogP contribution is -2.49. The van der Waals surface area contributed by atoms with Crippen LogP contribution < -0.4 is 11.1 Å². The Morgan fingerprint density at radius 1 is 1.25 bits per heavy atom. The Kier molecular flexibility index (Phi) is 8.48. The molecular formula is C21H37N5O2. The van der Waals surface area contributed by atoms with E-state index >= 15 is 0 Å². The molecule has 0 saturated carbocycles. The number of nitrogens with zero attached hydrogens (tertiary/aromatic N) is 3. The van der Waals surface area contributed by atoms with Crippen molar-refractivity contribution in [2.45, 2.75) is 78.8 Å². The normalized spacial score (nSPS) is 17.2. The molecule has 0 bridgehead atoms. The van der Waals surface area contributed by atoms with Crippen molar-refractivity contribution in [3.05, 3.63) is 17.0 Å². The van der Waals surface area contributed by atoms with Crippen LogP contribution in [-0.2, 0) is 22.6 Å². The highest BCUT2D eigenvalue weighted by Crippen LogP contribution is 2.21. The van der Waals surface area contributed by atoms with E-state index in [2.05, 4.69) is 35.9 Å². The van der Waals surface area contributed by atoms with E-state index in [1.807, 2.05) is 11.8 Å². The summed E-state index contributed by atoms with van der Waals surface area (Å²) in [4.78, 5) is 26.6. The molecule has 3 N–H and O–H groups in total. The van der Waals surface area contributed by atoms with Crippen LogP contribution in [0.2, 0.25) is 0 Å². The Balaban J connectivity index is 1.95. The van der Waals surface area contributed by atoms with Crippen molar-refractivity contribution in [2.24, 2.45) is 11.7 Å². The van der Waals surface area contributed by atoms with E-state index < -0.39 is 0 Å². The van der Waals surface area contributed by atoms with Gasteiger partial charge in [-0.25, -0.2) is 0 Å². The van der Waals surface area contributed by atoms with E-state index in [1.54, 1.807) is 0 Å². The number of aryl methyl sites for hydroxylation is 1. The van der Waals surface area contributed by atoms with Gasteiger partial charge < -0.3 is 16.0 Å². The lowest BCUT2D eigenvalue weighted by Gasteiger charge is -2.36.